The molecule has 100 valence electrons. The maximum absolute atomic E-state index is 13.8. The van der Waals surface area contributed by atoms with Gasteiger partial charge in [-0.05, 0) is 25.0 Å². The molecule has 0 radical (unpaired) electrons. The predicted molar refractivity (Wildman–Crippen MR) is 67.4 cm³/mol. The van der Waals surface area contributed by atoms with Crippen molar-refractivity contribution in [1.82, 2.24) is 0 Å². The Morgan fingerprint density at radius 3 is 2.61 bits per heavy atom. The first-order valence-electron chi connectivity index (χ1n) is 6.16. The number of likely N-dealkylation sites (N-methyl/N-ethyl adjacent to an activating group) is 1. The Morgan fingerprint density at radius 2 is 1.94 bits per heavy atom. The minimum Gasteiger partial charge on any atom is -0.397 e. The minimum absolute atomic E-state index is 0.0425. The van der Waals surface area contributed by atoms with E-state index < -0.39 is 17.7 Å². The van der Waals surface area contributed by atoms with Gasteiger partial charge in [-0.25, -0.2) is 8.78 Å². The van der Waals surface area contributed by atoms with Crippen LogP contribution in [0.25, 0.3) is 0 Å². The van der Waals surface area contributed by atoms with Crippen molar-refractivity contribution in [1.29, 1.82) is 0 Å². The summed E-state index contributed by atoms with van der Waals surface area (Å²) in [5.74, 6) is -1.87. The van der Waals surface area contributed by atoms with Crippen LogP contribution >= 0.6 is 0 Å². The van der Waals surface area contributed by atoms with E-state index in [1.165, 1.54) is 6.07 Å². The minimum atomic E-state index is -0.949. The lowest BCUT2D eigenvalue weighted by atomic mass is 9.91. The summed E-state index contributed by atoms with van der Waals surface area (Å²) < 4.78 is 27.1. The van der Waals surface area contributed by atoms with Crippen molar-refractivity contribution in [3.8, 4) is 0 Å². The Hall–Kier alpha value is -1.36. The summed E-state index contributed by atoms with van der Waals surface area (Å²) in [6.07, 6.45) is 2.86. The molecule has 0 spiro atoms. The molecule has 2 rings (SSSR count). The van der Waals surface area contributed by atoms with E-state index in [0.717, 1.165) is 25.3 Å². The average molecular weight is 256 g/mol. The van der Waals surface area contributed by atoms with E-state index in [2.05, 4.69) is 0 Å². The van der Waals surface area contributed by atoms with Crippen LogP contribution in [0.5, 0.6) is 0 Å². The summed E-state index contributed by atoms with van der Waals surface area (Å²) in [5.41, 5.74) is 5.94. The largest absolute Gasteiger partial charge is 0.397 e. The van der Waals surface area contributed by atoms with Gasteiger partial charge >= 0.3 is 0 Å². The van der Waals surface area contributed by atoms with Crippen LogP contribution in [0.4, 0.5) is 20.2 Å². The Morgan fingerprint density at radius 1 is 1.28 bits per heavy atom. The van der Waals surface area contributed by atoms with E-state index >= 15 is 0 Å². The van der Waals surface area contributed by atoms with Gasteiger partial charge < -0.3 is 15.7 Å². The summed E-state index contributed by atoms with van der Waals surface area (Å²) in [6.45, 7) is 0. The molecule has 3 N–H and O–H groups in total. The van der Waals surface area contributed by atoms with Crippen LogP contribution in [-0.2, 0) is 0 Å². The number of nitrogens with zero attached hydrogens (tertiary/aromatic N) is 1. The van der Waals surface area contributed by atoms with Gasteiger partial charge in [0.05, 0.1) is 23.5 Å². The lowest BCUT2D eigenvalue weighted by Crippen LogP contribution is -2.44. The highest BCUT2D eigenvalue weighted by Gasteiger charge is 2.29. The van der Waals surface area contributed by atoms with Gasteiger partial charge in [-0.2, -0.15) is 0 Å². The third kappa shape index (κ3) is 2.27. The number of nitrogen functional groups attached to an aromatic ring is 1. The van der Waals surface area contributed by atoms with Crippen molar-refractivity contribution in [3.05, 3.63) is 23.8 Å². The summed E-state index contributed by atoms with van der Waals surface area (Å²) in [4.78, 5) is 1.57. The van der Waals surface area contributed by atoms with E-state index in [4.69, 9.17) is 5.73 Å². The van der Waals surface area contributed by atoms with Gasteiger partial charge in [0.1, 0.15) is 0 Å². The number of hydrogen-bond donors (Lipinski definition) is 2. The average Bonchev–Trinajstić information content (AvgIpc) is 2.35. The van der Waals surface area contributed by atoms with E-state index in [9.17, 15) is 13.9 Å². The summed E-state index contributed by atoms with van der Waals surface area (Å²) in [7, 11) is 1.65. The molecule has 1 aromatic rings. The molecule has 0 saturated heterocycles. The molecule has 0 aliphatic heterocycles. The number of hydrogen-bond acceptors (Lipinski definition) is 3. The summed E-state index contributed by atoms with van der Waals surface area (Å²) in [6, 6.07) is 2.15. The normalized spacial score (nSPS) is 24.0. The first-order chi connectivity index (χ1) is 8.52. The first-order valence-corrected chi connectivity index (χ1v) is 6.16. The highest BCUT2D eigenvalue weighted by Crippen LogP contribution is 2.33. The summed E-state index contributed by atoms with van der Waals surface area (Å²) in [5, 5.41) is 9.95. The van der Waals surface area contributed by atoms with Gasteiger partial charge in [0.15, 0.2) is 11.6 Å². The second kappa shape index (κ2) is 5.10. The standard InChI is InChI=1S/C13H18F2N2O/c1-17(10-4-2-3-5-11(10)18)13-9(16)7-6-8(14)12(13)15/h6-7,10-11,18H,2-5,16H2,1H3. The maximum atomic E-state index is 13.8. The van der Waals surface area contributed by atoms with Gasteiger partial charge in [-0.1, -0.05) is 12.8 Å². The Balaban J connectivity index is 2.33. The molecule has 2 atom stereocenters. The summed E-state index contributed by atoms with van der Waals surface area (Å²) >= 11 is 0. The third-order valence-corrected chi connectivity index (χ3v) is 3.64. The first kappa shape index (κ1) is 13.1. The van der Waals surface area contributed by atoms with Crippen molar-refractivity contribution in [3.63, 3.8) is 0 Å². The van der Waals surface area contributed by atoms with Crippen LogP contribution in [0, 0.1) is 11.6 Å². The smallest absolute Gasteiger partial charge is 0.184 e. The molecule has 5 heteroatoms. The molecule has 1 saturated carbocycles. The third-order valence-electron chi connectivity index (χ3n) is 3.64. The van der Waals surface area contributed by atoms with Crippen molar-refractivity contribution >= 4 is 11.4 Å². The highest BCUT2D eigenvalue weighted by molar-refractivity contribution is 5.68. The van der Waals surface area contributed by atoms with Crippen molar-refractivity contribution in [2.45, 2.75) is 37.8 Å². The van der Waals surface area contributed by atoms with Crippen LogP contribution in [0.3, 0.4) is 0 Å². The molecular weight excluding hydrogens is 238 g/mol. The molecule has 0 amide bonds. The molecule has 1 aliphatic carbocycles. The van der Waals surface area contributed by atoms with Gasteiger partial charge in [-0.15, -0.1) is 0 Å². The topological polar surface area (TPSA) is 49.5 Å². The lowest BCUT2D eigenvalue weighted by Gasteiger charge is -2.37. The Kier molecular flexibility index (Phi) is 3.71. The number of nitrogens with two attached hydrogens (primary N) is 1. The molecule has 3 nitrogen and oxygen atoms in total. The van der Waals surface area contributed by atoms with Gasteiger partial charge in [0.2, 0.25) is 0 Å². The number of aliphatic hydroxyl groups is 1. The monoisotopic (exact) mass is 256 g/mol. The predicted octanol–water partition coefficient (Wildman–Crippen LogP) is 2.29. The van der Waals surface area contributed by atoms with E-state index in [1.54, 1.807) is 11.9 Å². The Bertz CT molecular complexity index is 439. The molecule has 1 fully saturated rings. The fourth-order valence-corrected chi connectivity index (χ4v) is 2.62. The quantitative estimate of drug-likeness (QED) is 0.798. The van der Waals surface area contributed by atoms with E-state index in [0.29, 0.717) is 6.42 Å². The highest BCUT2D eigenvalue weighted by atomic mass is 19.2. The number of halogens is 2. The number of aliphatic hydroxyl groups excluding tert-OH is 1. The molecular formula is C13H18F2N2O. The van der Waals surface area contributed by atoms with Crippen molar-refractivity contribution < 1.29 is 13.9 Å². The second-order valence-electron chi connectivity index (χ2n) is 4.83. The van der Waals surface area contributed by atoms with Crippen molar-refractivity contribution in [2.75, 3.05) is 17.7 Å². The molecule has 1 aromatic carbocycles. The van der Waals surface area contributed by atoms with Crippen LogP contribution in [0.2, 0.25) is 0 Å². The molecule has 2 unspecified atom stereocenters. The van der Waals surface area contributed by atoms with Crippen LogP contribution in [0.1, 0.15) is 25.7 Å². The second-order valence-corrected chi connectivity index (χ2v) is 4.83. The van der Waals surface area contributed by atoms with Gasteiger partial charge in [0, 0.05) is 7.05 Å². The molecule has 18 heavy (non-hydrogen) atoms. The number of rotatable bonds is 2. The zero-order chi connectivity index (χ0) is 13.3. The Labute approximate surface area is 105 Å². The van der Waals surface area contributed by atoms with Crippen LogP contribution in [0.15, 0.2) is 12.1 Å². The zero-order valence-corrected chi connectivity index (χ0v) is 10.4. The SMILES string of the molecule is CN(c1c(N)ccc(F)c1F)C1CCCCC1O. The van der Waals surface area contributed by atoms with E-state index in [1.807, 2.05) is 0 Å². The fraction of sp³-hybridized carbons (Fsp3) is 0.538. The van der Waals surface area contributed by atoms with Crippen LogP contribution in [-0.4, -0.2) is 24.3 Å². The van der Waals surface area contributed by atoms with E-state index in [-0.39, 0.29) is 17.4 Å². The molecule has 0 aromatic heterocycles. The van der Waals surface area contributed by atoms with Gasteiger partial charge in [-0.3, -0.25) is 0 Å². The fourth-order valence-electron chi connectivity index (χ4n) is 2.62. The number of benzene rings is 1. The molecule has 0 bridgehead atoms. The lowest BCUT2D eigenvalue weighted by molar-refractivity contribution is 0.106. The zero-order valence-electron chi connectivity index (χ0n) is 10.4. The molecule has 0 heterocycles. The maximum Gasteiger partial charge on any atom is 0.184 e. The van der Waals surface area contributed by atoms with Gasteiger partial charge in [0.25, 0.3) is 0 Å². The van der Waals surface area contributed by atoms with Crippen LogP contribution < -0.4 is 10.6 Å². The number of anilines is 2. The molecule has 1 aliphatic rings. The van der Waals surface area contributed by atoms with Crippen molar-refractivity contribution in [2.24, 2.45) is 0 Å².